The molecule has 0 atom stereocenters. The minimum atomic E-state index is -1.16. The van der Waals surface area contributed by atoms with E-state index in [-0.39, 0.29) is 6.42 Å². The Bertz CT molecular complexity index is 422. The summed E-state index contributed by atoms with van der Waals surface area (Å²) in [7, 11) is 2.59. The molecule has 8 heteroatoms. The van der Waals surface area contributed by atoms with Gasteiger partial charge in [-0.25, -0.2) is 4.79 Å². The van der Waals surface area contributed by atoms with E-state index in [1.54, 1.807) is 0 Å². The number of carbonyl (C=O) groups excluding carboxylic acids is 4. The fraction of sp³-hybridized carbons (Fsp3) is 0.545. The summed E-state index contributed by atoms with van der Waals surface area (Å²) in [5.41, 5.74) is 0. The zero-order chi connectivity index (χ0) is 14.6. The van der Waals surface area contributed by atoms with Crippen LogP contribution in [0.2, 0.25) is 0 Å². The van der Waals surface area contributed by atoms with Gasteiger partial charge in [-0.1, -0.05) is 0 Å². The second-order valence-corrected chi connectivity index (χ2v) is 4.15. The van der Waals surface area contributed by atoms with E-state index in [1.807, 2.05) is 0 Å². The first-order valence-electron chi connectivity index (χ1n) is 5.72. The molecule has 0 aromatic rings. The summed E-state index contributed by atoms with van der Waals surface area (Å²) in [6.45, 7) is 0.298. The van der Waals surface area contributed by atoms with Gasteiger partial charge in [0.15, 0.2) is 12.1 Å². The highest BCUT2D eigenvalue weighted by molar-refractivity contribution is 6.22. The van der Waals surface area contributed by atoms with Crippen LogP contribution in [0.3, 0.4) is 0 Å². The minimum Gasteiger partial charge on any atom is -0.550 e. The Balaban J connectivity index is 2.63. The van der Waals surface area contributed by atoms with Crippen molar-refractivity contribution in [3.8, 4) is 0 Å². The topological polar surface area (TPSA) is 112 Å². The predicted molar refractivity (Wildman–Crippen MR) is 60.6 cm³/mol. The second-order valence-electron chi connectivity index (χ2n) is 4.15. The third-order valence-corrected chi connectivity index (χ3v) is 2.75. The van der Waals surface area contributed by atoms with Crippen LogP contribution in [0.1, 0.15) is 12.8 Å². The number of nitrogens with zero attached hydrogens (tertiary/aromatic N) is 2. The summed E-state index contributed by atoms with van der Waals surface area (Å²) in [6, 6.07) is -0.670. The van der Waals surface area contributed by atoms with Crippen LogP contribution in [0.25, 0.3) is 0 Å². The Hall–Kier alpha value is -2.25. The van der Waals surface area contributed by atoms with Crippen molar-refractivity contribution in [2.24, 2.45) is 5.92 Å². The van der Waals surface area contributed by atoms with Gasteiger partial charge in [-0.2, -0.15) is 0 Å². The van der Waals surface area contributed by atoms with Crippen LogP contribution >= 0.6 is 0 Å². The molecule has 0 unspecified atom stereocenters. The van der Waals surface area contributed by atoms with Gasteiger partial charge < -0.3 is 9.90 Å². The highest BCUT2D eigenvalue weighted by atomic mass is 16.4. The van der Waals surface area contributed by atoms with Crippen LogP contribution in [0, 0.1) is 5.92 Å². The van der Waals surface area contributed by atoms with E-state index in [2.05, 4.69) is 4.99 Å². The third-order valence-electron chi connectivity index (χ3n) is 2.75. The van der Waals surface area contributed by atoms with Gasteiger partial charge in [0.05, 0.1) is 0 Å². The number of carboxylic acid groups (broad SMARTS) is 1. The molecular weight excluding hydrogens is 254 g/mol. The molecule has 1 rings (SSSR count). The number of imide groups is 2. The van der Waals surface area contributed by atoms with Crippen LogP contribution < -0.4 is 10.1 Å². The van der Waals surface area contributed by atoms with Crippen molar-refractivity contribution in [2.75, 3.05) is 20.6 Å². The molecule has 0 bridgehead atoms. The Morgan fingerprint density at radius 2 is 1.79 bits per heavy atom. The second kappa shape index (κ2) is 6.07. The number of rotatable bonds is 5. The van der Waals surface area contributed by atoms with E-state index in [9.17, 15) is 24.3 Å². The number of hydrogen-bond donors (Lipinski definition) is 1. The molecule has 0 aliphatic carbocycles. The van der Waals surface area contributed by atoms with Gasteiger partial charge in [-0.15, -0.1) is 0 Å². The molecule has 0 saturated carbocycles. The molecular formula is C11H15N3O5. The fourth-order valence-electron chi connectivity index (χ4n) is 1.61. The summed E-state index contributed by atoms with van der Waals surface area (Å²) >= 11 is 0. The molecule has 1 fully saturated rings. The van der Waals surface area contributed by atoms with Gasteiger partial charge >= 0.3 is 6.03 Å². The monoisotopic (exact) mass is 269 g/mol. The molecule has 1 aliphatic rings. The first-order valence-corrected chi connectivity index (χ1v) is 5.72. The number of hydrogen-bond acceptors (Lipinski definition) is 5. The summed E-state index contributed by atoms with van der Waals surface area (Å²) in [5, 5.41) is 10.2. The number of barbiturate groups is 1. The standard InChI is InChI=1S/C11H15N3O5/c1-13-9(17)7(10(18)14(2)11(13)19)6-12-5-3-4-8(15)16/h6-7H,3-5H2,1-2H3,(H,15,16). The van der Waals surface area contributed by atoms with Crippen LogP contribution in [-0.4, -0.2) is 60.5 Å². The first-order chi connectivity index (χ1) is 8.86. The number of amides is 4. The Morgan fingerprint density at radius 3 is 2.26 bits per heavy atom. The number of carbonyl (C=O) groups is 4. The van der Waals surface area contributed by atoms with Gasteiger partial charge in [0.1, 0.15) is 6.54 Å². The lowest BCUT2D eigenvalue weighted by atomic mass is 10.1. The van der Waals surface area contributed by atoms with Gasteiger partial charge in [0.2, 0.25) is 0 Å². The maximum atomic E-state index is 11.7. The number of nitrogens with one attached hydrogen (secondary N) is 1. The summed E-state index contributed by atoms with van der Waals surface area (Å²) < 4.78 is 0. The molecule has 1 aliphatic heterocycles. The molecule has 4 amide bonds. The smallest absolute Gasteiger partial charge is 0.332 e. The quantitative estimate of drug-likeness (QED) is 0.314. The zero-order valence-corrected chi connectivity index (χ0v) is 10.7. The van der Waals surface area contributed by atoms with E-state index in [0.717, 1.165) is 9.80 Å². The highest BCUT2D eigenvalue weighted by Gasteiger charge is 2.43. The molecule has 104 valence electrons. The highest BCUT2D eigenvalue weighted by Crippen LogP contribution is 2.12. The van der Waals surface area contributed by atoms with Crippen molar-refractivity contribution >= 4 is 30.0 Å². The lowest BCUT2D eigenvalue weighted by Crippen LogP contribution is -2.72. The van der Waals surface area contributed by atoms with Gasteiger partial charge in [0, 0.05) is 26.5 Å². The molecule has 0 radical (unpaired) electrons. The predicted octanol–water partition coefficient (Wildman–Crippen LogP) is -3.67. The van der Waals surface area contributed by atoms with Crippen LogP contribution in [0.4, 0.5) is 4.79 Å². The van der Waals surface area contributed by atoms with E-state index >= 15 is 0 Å². The molecule has 8 nitrogen and oxygen atoms in total. The van der Waals surface area contributed by atoms with E-state index < -0.39 is 29.7 Å². The Morgan fingerprint density at radius 1 is 1.26 bits per heavy atom. The van der Waals surface area contributed by atoms with Crippen LogP contribution in [-0.2, 0) is 14.4 Å². The molecule has 0 spiro atoms. The van der Waals surface area contributed by atoms with Gasteiger partial charge in [-0.05, 0) is 6.42 Å². The lowest BCUT2D eigenvalue weighted by molar-refractivity contribution is -0.454. The summed E-state index contributed by atoms with van der Waals surface area (Å²) in [6.07, 6.45) is 1.49. The van der Waals surface area contributed by atoms with Crippen molar-refractivity contribution in [2.45, 2.75) is 12.8 Å². The molecule has 19 heavy (non-hydrogen) atoms. The normalized spacial score (nSPS) is 17.7. The van der Waals surface area contributed by atoms with Crippen molar-refractivity contribution < 1.29 is 29.3 Å². The first kappa shape index (κ1) is 14.8. The largest absolute Gasteiger partial charge is 0.550 e. The molecule has 1 heterocycles. The zero-order valence-electron chi connectivity index (χ0n) is 10.7. The van der Waals surface area contributed by atoms with Crippen LogP contribution in [0.15, 0.2) is 0 Å². The summed E-state index contributed by atoms with van der Waals surface area (Å²) in [4.78, 5) is 49.6. The van der Waals surface area contributed by atoms with E-state index in [1.165, 1.54) is 20.3 Å². The molecule has 1 N–H and O–H groups in total. The minimum absolute atomic E-state index is 0.105. The molecule has 0 aromatic carbocycles. The summed E-state index contributed by atoms with van der Waals surface area (Å²) in [5.74, 6) is -3.45. The van der Waals surface area contributed by atoms with Crippen molar-refractivity contribution in [3.05, 3.63) is 0 Å². The number of urea groups is 1. The van der Waals surface area contributed by atoms with Crippen molar-refractivity contribution in [1.29, 1.82) is 0 Å². The van der Waals surface area contributed by atoms with E-state index in [4.69, 9.17) is 0 Å². The third kappa shape index (κ3) is 3.36. The molecule has 0 aromatic heterocycles. The maximum absolute atomic E-state index is 11.7. The fourth-order valence-corrected chi connectivity index (χ4v) is 1.61. The Kier molecular flexibility index (Phi) is 4.74. The molecule has 1 saturated heterocycles. The Labute approximate surface area is 109 Å². The van der Waals surface area contributed by atoms with Crippen molar-refractivity contribution in [1.82, 2.24) is 9.80 Å². The number of aliphatic carboxylic acids is 1. The van der Waals surface area contributed by atoms with Gasteiger partial charge in [0.25, 0.3) is 11.8 Å². The average molecular weight is 269 g/mol. The average Bonchev–Trinajstić information content (AvgIpc) is 2.37. The lowest BCUT2D eigenvalue weighted by Gasteiger charge is -2.30. The maximum Gasteiger partial charge on any atom is 0.332 e. The van der Waals surface area contributed by atoms with Gasteiger partial charge in [-0.3, -0.25) is 24.4 Å². The van der Waals surface area contributed by atoms with Crippen molar-refractivity contribution in [3.63, 3.8) is 0 Å². The van der Waals surface area contributed by atoms with E-state index in [0.29, 0.717) is 13.0 Å². The van der Waals surface area contributed by atoms with Crippen LogP contribution in [0.5, 0.6) is 0 Å². The number of carboxylic acids is 1. The SMILES string of the molecule is CN1C(=O)C(C=[NH+]CCCC(=O)[O-])C(=O)N(C)C1=O.